The highest BCUT2D eigenvalue weighted by molar-refractivity contribution is 5.79. The van der Waals surface area contributed by atoms with E-state index in [0.29, 0.717) is 5.92 Å². The van der Waals surface area contributed by atoms with Crippen LogP contribution in [0.25, 0.3) is 0 Å². The lowest BCUT2D eigenvalue weighted by Crippen LogP contribution is -2.50. The van der Waals surface area contributed by atoms with E-state index in [-0.39, 0.29) is 11.8 Å². The summed E-state index contributed by atoms with van der Waals surface area (Å²) in [5.41, 5.74) is -2.29. The minimum Gasteiger partial charge on any atom is -0.457 e. The van der Waals surface area contributed by atoms with Crippen molar-refractivity contribution in [3.63, 3.8) is 0 Å². The molecule has 3 heteroatoms. The number of carbonyl (C=O) groups is 1. The van der Waals surface area contributed by atoms with Gasteiger partial charge in [-0.3, -0.25) is 0 Å². The summed E-state index contributed by atoms with van der Waals surface area (Å²) in [5.74, 6) is 1.63. The van der Waals surface area contributed by atoms with Crippen LogP contribution < -0.4 is 0 Å². The van der Waals surface area contributed by atoms with Crippen molar-refractivity contribution < 1.29 is 13.9 Å². The molecular weight excluding hydrogens is 255 g/mol. The van der Waals surface area contributed by atoms with Crippen LogP contribution in [0.5, 0.6) is 0 Å². The minimum absolute atomic E-state index is 0.111. The van der Waals surface area contributed by atoms with Crippen LogP contribution in [-0.4, -0.2) is 17.2 Å². The molecule has 0 amide bonds. The van der Waals surface area contributed by atoms with Gasteiger partial charge in [0.25, 0.3) is 0 Å². The minimum atomic E-state index is -1.86. The van der Waals surface area contributed by atoms with Crippen LogP contribution in [0.15, 0.2) is 0 Å². The van der Waals surface area contributed by atoms with E-state index in [1.807, 2.05) is 13.8 Å². The van der Waals surface area contributed by atoms with Crippen molar-refractivity contribution in [3.05, 3.63) is 0 Å². The lowest BCUT2D eigenvalue weighted by Gasteiger charge is -2.46. The standard InChI is InChI=1S/C17H27FO2/c1-5-16(4,18)14(19)20-15(2,3)17-9-11-6-12(10-17)8-13(17)7-11/h11-13H,5-10H2,1-4H3. The Labute approximate surface area is 121 Å². The Morgan fingerprint density at radius 2 is 1.75 bits per heavy atom. The van der Waals surface area contributed by atoms with Gasteiger partial charge >= 0.3 is 5.97 Å². The molecule has 4 saturated carbocycles. The fourth-order valence-electron chi connectivity index (χ4n) is 5.36. The predicted molar refractivity (Wildman–Crippen MR) is 76.0 cm³/mol. The third-order valence-corrected chi connectivity index (χ3v) is 6.63. The van der Waals surface area contributed by atoms with Gasteiger partial charge in [0.05, 0.1) is 0 Å². The summed E-state index contributed by atoms with van der Waals surface area (Å²) in [4.78, 5) is 12.1. The topological polar surface area (TPSA) is 26.3 Å². The Hall–Kier alpha value is -0.600. The van der Waals surface area contributed by atoms with Crippen molar-refractivity contribution in [1.82, 2.24) is 0 Å². The van der Waals surface area contributed by atoms with E-state index in [2.05, 4.69) is 0 Å². The number of esters is 1. The number of rotatable bonds is 4. The van der Waals surface area contributed by atoms with E-state index in [9.17, 15) is 9.18 Å². The molecule has 20 heavy (non-hydrogen) atoms. The van der Waals surface area contributed by atoms with Gasteiger partial charge in [-0.25, -0.2) is 9.18 Å². The molecule has 0 aromatic heterocycles. The normalized spacial score (nSPS) is 41.8. The van der Waals surface area contributed by atoms with Crippen molar-refractivity contribution >= 4 is 5.97 Å². The van der Waals surface area contributed by atoms with Gasteiger partial charge in [0.15, 0.2) is 0 Å². The zero-order chi connectivity index (χ0) is 14.8. The molecule has 4 aliphatic carbocycles. The molecule has 0 aromatic rings. The molecule has 0 radical (unpaired) electrons. The molecule has 4 fully saturated rings. The molecule has 0 aromatic carbocycles. The first-order chi connectivity index (χ1) is 9.20. The zero-order valence-electron chi connectivity index (χ0n) is 13.2. The van der Waals surface area contributed by atoms with E-state index >= 15 is 0 Å². The summed E-state index contributed by atoms with van der Waals surface area (Å²) in [6, 6.07) is 0. The van der Waals surface area contributed by atoms with Gasteiger partial charge < -0.3 is 4.74 Å². The summed E-state index contributed by atoms with van der Waals surface area (Å²) in [6.45, 7) is 7.05. The van der Waals surface area contributed by atoms with Crippen LogP contribution in [0, 0.1) is 23.2 Å². The molecule has 0 spiro atoms. The maximum Gasteiger partial charge on any atom is 0.344 e. The van der Waals surface area contributed by atoms with E-state index in [4.69, 9.17) is 4.74 Å². The molecule has 4 bridgehead atoms. The fourth-order valence-corrected chi connectivity index (χ4v) is 5.36. The fraction of sp³-hybridized carbons (Fsp3) is 0.941. The number of carbonyl (C=O) groups excluding carboxylic acids is 1. The average Bonchev–Trinajstić information content (AvgIpc) is 2.75. The Kier molecular flexibility index (Phi) is 3.02. The van der Waals surface area contributed by atoms with Gasteiger partial charge in [-0.2, -0.15) is 0 Å². The van der Waals surface area contributed by atoms with Crippen LogP contribution in [0.4, 0.5) is 4.39 Å². The van der Waals surface area contributed by atoms with Gasteiger partial charge in [-0.05, 0) is 77.0 Å². The lowest BCUT2D eigenvalue weighted by molar-refractivity contribution is -0.187. The second-order valence-corrected chi connectivity index (χ2v) is 8.15. The summed E-state index contributed by atoms with van der Waals surface area (Å²) < 4.78 is 19.9. The van der Waals surface area contributed by atoms with Crippen molar-refractivity contribution in [1.29, 1.82) is 0 Å². The smallest absolute Gasteiger partial charge is 0.344 e. The molecule has 0 heterocycles. The SMILES string of the molecule is CCC(C)(F)C(=O)OC(C)(C)C12CC3CC(CC1C3)C2. The van der Waals surface area contributed by atoms with Crippen molar-refractivity contribution in [2.24, 2.45) is 23.2 Å². The van der Waals surface area contributed by atoms with Gasteiger partial charge in [0.1, 0.15) is 5.60 Å². The molecule has 3 atom stereocenters. The first-order valence-electron chi connectivity index (χ1n) is 8.12. The summed E-state index contributed by atoms with van der Waals surface area (Å²) in [5, 5.41) is 0. The van der Waals surface area contributed by atoms with Crippen molar-refractivity contribution in [2.45, 2.75) is 77.5 Å². The molecule has 4 aliphatic rings. The van der Waals surface area contributed by atoms with Gasteiger partial charge in [0, 0.05) is 5.41 Å². The summed E-state index contributed by atoms with van der Waals surface area (Å²) in [7, 11) is 0. The maximum atomic E-state index is 14.2. The van der Waals surface area contributed by atoms with Crippen molar-refractivity contribution in [2.75, 3.05) is 0 Å². The highest BCUT2D eigenvalue weighted by atomic mass is 19.1. The van der Waals surface area contributed by atoms with Crippen molar-refractivity contribution in [3.8, 4) is 0 Å². The summed E-state index contributed by atoms with van der Waals surface area (Å²) >= 11 is 0. The largest absolute Gasteiger partial charge is 0.457 e. The Morgan fingerprint density at radius 1 is 1.20 bits per heavy atom. The highest BCUT2D eigenvalue weighted by Gasteiger charge is 2.65. The van der Waals surface area contributed by atoms with Crippen LogP contribution in [0.1, 0.15) is 66.2 Å². The lowest BCUT2D eigenvalue weighted by atomic mass is 9.65. The molecule has 2 nitrogen and oxygen atoms in total. The number of hydrogen-bond donors (Lipinski definition) is 0. The van der Waals surface area contributed by atoms with E-state index in [1.165, 1.54) is 39.0 Å². The Morgan fingerprint density at radius 3 is 2.25 bits per heavy atom. The predicted octanol–water partition coefficient (Wildman–Crippen LogP) is 4.27. The maximum absolute atomic E-state index is 14.2. The van der Waals surface area contributed by atoms with E-state index in [0.717, 1.165) is 11.8 Å². The molecule has 114 valence electrons. The van der Waals surface area contributed by atoms with Gasteiger partial charge in [-0.1, -0.05) is 6.92 Å². The van der Waals surface area contributed by atoms with E-state index in [1.54, 1.807) is 6.92 Å². The van der Waals surface area contributed by atoms with Gasteiger partial charge in [-0.15, -0.1) is 0 Å². The Bertz CT molecular complexity index is 413. The van der Waals surface area contributed by atoms with Crippen LogP contribution in [0.2, 0.25) is 0 Å². The number of ether oxygens (including phenoxy) is 1. The third-order valence-electron chi connectivity index (χ3n) is 6.63. The Balaban J connectivity index is 1.81. The second kappa shape index (κ2) is 4.20. The number of alkyl halides is 1. The molecular formula is C17H27FO2. The second-order valence-electron chi connectivity index (χ2n) is 8.15. The molecule has 4 rings (SSSR count). The third kappa shape index (κ3) is 1.84. The quantitative estimate of drug-likeness (QED) is 0.720. The van der Waals surface area contributed by atoms with Gasteiger partial charge in [0.2, 0.25) is 5.67 Å². The molecule has 0 N–H and O–H groups in total. The molecule has 0 saturated heterocycles. The first kappa shape index (κ1) is 14.3. The van der Waals surface area contributed by atoms with Crippen LogP contribution in [-0.2, 0) is 9.53 Å². The zero-order valence-corrected chi connectivity index (χ0v) is 13.2. The monoisotopic (exact) mass is 282 g/mol. The highest BCUT2D eigenvalue weighted by Crippen LogP contribution is 2.69. The van der Waals surface area contributed by atoms with Crippen LogP contribution in [0.3, 0.4) is 0 Å². The van der Waals surface area contributed by atoms with Crippen LogP contribution >= 0.6 is 0 Å². The molecule has 3 unspecified atom stereocenters. The molecule has 0 aliphatic heterocycles. The average molecular weight is 282 g/mol. The number of halogens is 1. The summed E-state index contributed by atoms with van der Waals surface area (Å²) in [6.07, 6.45) is 6.45. The van der Waals surface area contributed by atoms with E-state index < -0.39 is 17.2 Å². The number of hydrogen-bond acceptors (Lipinski definition) is 2. The first-order valence-corrected chi connectivity index (χ1v) is 8.12.